The van der Waals surface area contributed by atoms with Gasteiger partial charge in [0.1, 0.15) is 4.60 Å². The average molecular weight is 264 g/mol. The molecule has 0 aliphatic carbocycles. The molecule has 0 spiro atoms. The summed E-state index contributed by atoms with van der Waals surface area (Å²) >= 11 is 5.25. The van der Waals surface area contributed by atoms with E-state index in [-0.39, 0.29) is 0 Å². The molecule has 3 aromatic rings. The normalized spacial score (nSPS) is 11.2. The average Bonchev–Trinajstić information content (AvgIpc) is 2.59. The molecular weight excluding hydrogens is 258 g/mol. The molecule has 0 fully saturated rings. The van der Waals surface area contributed by atoms with E-state index in [1.54, 1.807) is 11.3 Å². The fourth-order valence-electron chi connectivity index (χ4n) is 1.62. The Balaban J connectivity index is 2.63. The van der Waals surface area contributed by atoms with Gasteiger partial charge in [0.25, 0.3) is 0 Å². The molecule has 0 aliphatic rings. The first-order valence-electron chi connectivity index (χ1n) is 4.28. The summed E-state index contributed by atoms with van der Waals surface area (Å²) in [5.41, 5.74) is 0. The van der Waals surface area contributed by atoms with Gasteiger partial charge in [-0.1, -0.05) is 18.2 Å². The molecule has 0 atom stereocenters. The maximum absolute atomic E-state index is 4.23. The fraction of sp³-hybridized carbons (Fsp3) is 0. The summed E-state index contributed by atoms with van der Waals surface area (Å²) in [6.07, 6.45) is 1.84. The van der Waals surface area contributed by atoms with Gasteiger partial charge in [-0.15, -0.1) is 11.3 Å². The maximum Gasteiger partial charge on any atom is 0.123 e. The van der Waals surface area contributed by atoms with Crippen molar-refractivity contribution in [2.24, 2.45) is 0 Å². The summed E-state index contributed by atoms with van der Waals surface area (Å²) < 4.78 is 3.49. The van der Waals surface area contributed by atoms with Crippen molar-refractivity contribution in [3.8, 4) is 0 Å². The largest absolute Gasteiger partial charge is 0.248 e. The smallest absolute Gasteiger partial charge is 0.123 e. The molecule has 0 saturated carbocycles. The number of benzene rings is 1. The van der Waals surface area contributed by atoms with Crippen molar-refractivity contribution in [2.45, 2.75) is 0 Å². The quantitative estimate of drug-likeness (QED) is 0.554. The first-order chi connectivity index (χ1) is 6.86. The Hall–Kier alpha value is -0.930. The lowest BCUT2D eigenvalue weighted by Crippen LogP contribution is -1.72. The van der Waals surface area contributed by atoms with Crippen LogP contribution in [0.4, 0.5) is 0 Å². The summed E-state index contributed by atoms with van der Waals surface area (Å²) in [6.45, 7) is 0. The van der Waals surface area contributed by atoms with Crippen LogP contribution in [0.2, 0.25) is 0 Å². The first kappa shape index (κ1) is 8.38. The van der Waals surface area contributed by atoms with E-state index in [1.807, 2.05) is 6.20 Å². The van der Waals surface area contributed by atoms with Crippen LogP contribution in [0.25, 0.3) is 20.2 Å². The van der Waals surface area contributed by atoms with E-state index < -0.39 is 0 Å². The van der Waals surface area contributed by atoms with E-state index in [1.165, 1.54) is 20.2 Å². The van der Waals surface area contributed by atoms with Crippen LogP contribution >= 0.6 is 27.3 Å². The van der Waals surface area contributed by atoms with Gasteiger partial charge in [0.05, 0.1) is 4.70 Å². The number of aromatic nitrogens is 1. The van der Waals surface area contributed by atoms with Crippen LogP contribution in [0.1, 0.15) is 0 Å². The van der Waals surface area contributed by atoms with Crippen LogP contribution in [0.15, 0.2) is 41.1 Å². The van der Waals surface area contributed by atoms with Crippen LogP contribution < -0.4 is 0 Å². The number of hydrogen-bond donors (Lipinski definition) is 0. The summed E-state index contributed by atoms with van der Waals surface area (Å²) in [5.74, 6) is 0. The minimum atomic E-state index is 0.941. The SMILES string of the molecule is Brc1nccc2c1sc1ccccc12. The van der Waals surface area contributed by atoms with Crippen LogP contribution in [0.3, 0.4) is 0 Å². The molecule has 0 amide bonds. The van der Waals surface area contributed by atoms with Gasteiger partial charge >= 0.3 is 0 Å². The van der Waals surface area contributed by atoms with E-state index in [2.05, 4.69) is 51.2 Å². The van der Waals surface area contributed by atoms with Crippen molar-refractivity contribution >= 4 is 47.4 Å². The minimum absolute atomic E-state index is 0.941. The zero-order chi connectivity index (χ0) is 9.54. The second-order valence-corrected chi connectivity index (χ2v) is 4.88. The molecule has 0 radical (unpaired) electrons. The molecule has 1 aromatic carbocycles. The third-order valence-electron chi connectivity index (χ3n) is 2.25. The molecule has 0 bridgehead atoms. The Morgan fingerprint density at radius 2 is 1.93 bits per heavy atom. The van der Waals surface area contributed by atoms with Crippen molar-refractivity contribution in [3.63, 3.8) is 0 Å². The number of rotatable bonds is 0. The number of fused-ring (bicyclic) bond motifs is 3. The number of thiophene rings is 1. The highest BCUT2D eigenvalue weighted by atomic mass is 79.9. The molecule has 2 aromatic heterocycles. The van der Waals surface area contributed by atoms with Crippen molar-refractivity contribution in [2.75, 3.05) is 0 Å². The summed E-state index contributed by atoms with van der Waals surface area (Å²) in [4.78, 5) is 4.23. The van der Waals surface area contributed by atoms with Crippen molar-refractivity contribution in [1.29, 1.82) is 0 Å². The zero-order valence-corrected chi connectivity index (χ0v) is 9.60. The van der Waals surface area contributed by atoms with Crippen LogP contribution in [0, 0.1) is 0 Å². The summed E-state index contributed by atoms with van der Waals surface area (Å²) in [6, 6.07) is 10.5. The molecule has 0 N–H and O–H groups in total. The van der Waals surface area contributed by atoms with Gasteiger partial charge in [0.2, 0.25) is 0 Å². The highest BCUT2D eigenvalue weighted by Crippen LogP contribution is 2.36. The Kier molecular flexibility index (Phi) is 1.82. The van der Waals surface area contributed by atoms with E-state index in [0.29, 0.717) is 0 Å². The van der Waals surface area contributed by atoms with E-state index in [9.17, 15) is 0 Å². The molecular formula is C11H6BrNS. The Bertz CT molecular complexity index is 615. The molecule has 68 valence electrons. The van der Waals surface area contributed by atoms with Gasteiger partial charge in [-0.25, -0.2) is 4.98 Å². The van der Waals surface area contributed by atoms with Crippen molar-refractivity contribution < 1.29 is 0 Å². The molecule has 1 nitrogen and oxygen atoms in total. The van der Waals surface area contributed by atoms with Crippen molar-refractivity contribution in [3.05, 3.63) is 41.1 Å². The lowest BCUT2D eigenvalue weighted by molar-refractivity contribution is 1.33. The molecule has 0 aliphatic heterocycles. The molecule has 0 unspecified atom stereocenters. The van der Waals surface area contributed by atoms with Gasteiger partial charge in [0, 0.05) is 21.7 Å². The third kappa shape index (κ3) is 1.09. The lowest BCUT2D eigenvalue weighted by Gasteiger charge is -1.91. The predicted molar refractivity (Wildman–Crippen MR) is 64.8 cm³/mol. The Morgan fingerprint density at radius 3 is 2.86 bits per heavy atom. The Labute approximate surface area is 93.5 Å². The standard InChI is InChI=1S/C11H6BrNS/c12-11-10-8(5-6-13-11)7-3-1-2-4-9(7)14-10/h1-6H. The molecule has 0 saturated heterocycles. The van der Waals surface area contributed by atoms with Crippen LogP contribution in [-0.2, 0) is 0 Å². The maximum atomic E-state index is 4.23. The van der Waals surface area contributed by atoms with Gasteiger partial charge in [-0.3, -0.25) is 0 Å². The monoisotopic (exact) mass is 263 g/mol. The lowest BCUT2D eigenvalue weighted by atomic mass is 10.2. The third-order valence-corrected chi connectivity index (χ3v) is 4.31. The number of hydrogen-bond acceptors (Lipinski definition) is 2. The van der Waals surface area contributed by atoms with E-state index in [4.69, 9.17) is 0 Å². The topological polar surface area (TPSA) is 12.9 Å². The summed E-state index contributed by atoms with van der Waals surface area (Å²) in [7, 11) is 0. The van der Waals surface area contributed by atoms with Gasteiger partial charge in [0.15, 0.2) is 0 Å². The second kappa shape index (κ2) is 3.04. The van der Waals surface area contributed by atoms with Crippen molar-refractivity contribution in [1.82, 2.24) is 4.98 Å². The summed E-state index contributed by atoms with van der Waals surface area (Å²) in [5, 5.41) is 2.60. The van der Waals surface area contributed by atoms with E-state index in [0.717, 1.165) is 4.60 Å². The highest BCUT2D eigenvalue weighted by Gasteiger charge is 2.06. The molecule has 14 heavy (non-hydrogen) atoms. The fourth-order valence-corrected chi connectivity index (χ4v) is 3.27. The minimum Gasteiger partial charge on any atom is -0.248 e. The van der Waals surface area contributed by atoms with E-state index >= 15 is 0 Å². The highest BCUT2D eigenvalue weighted by molar-refractivity contribution is 9.10. The molecule has 3 rings (SSSR count). The molecule has 3 heteroatoms. The number of nitrogens with zero attached hydrogens (tertiary/aromatic N) is 1. The zero-order valence-electron chi connectivity index (χ0n) is 7.20. The van der Waals surface area contributed by atoms with Crippen LogP contribution in [-0.4, -0.2) is 4.98 Å². The molecule has 2 heterocycles. The van der Waals surface area contributed by atoms with Gasteiger partial charge in [-0.05, 0) is 28.1 Å². The second-order valence-electron chi connectivity index (χ2n) is 3.08. The van der Waals surface area contributed by atoms with Gasteiger partial charge in [-0.2, -0.15) is 0 Å². The van der Waals surface area contributed by atoms with Gasteiger partial charge < -0.3 is 0 Å². The number of halogens is 1. The van der Waals surface area contributed by atoms with Crippen LogP contribution in [0.5, 0.6) is 0 Å². The predicted octanol–water partition coefficient (Wildman–Crippen LogP) is 4.21. The first-order valence-corrected chi connectivity index (χ1v) is 5.89. The number of pyridine rings is 1. The Morgan fingerprint density at radius 1 is 1.07 bits per heavy atom.